The third-order valence-corrected chi connectivity index (χ3v) is 3.07. The molecular weight excluding hydrogens is 254 g/mol. The highest BCUT2D eigenvalue weighted by Gasteiger charge is 1.94. The van der Waals surface area contributed by atoms with E-state index in [1.165, 1.54) is 38.5 Å². The molecule has 0 aliphatic carbocycles. The average molecular weight is 289 g/mol. The number of ether oxygens (including phenoxy) is 3. The van der Waals surface area contributed by atoms with E-state index in [0.29, 0.717) is 26.4 Å². The lowest BCUT2D eigenvalue weighted by Crippen LogP contribution is -2.19. The predicted octanol–water partition coefficient (Wildman–Crippen LogP) is 2.96. The van der Waals surface area contributed by atoms with Crippen LogP contribution in [-0.4, -0.2) is 65.2 Å². The summed E-state index contributed by atoms with van der Waals surface area (Å²) >= 11 is 0. The van der Waals surface area contributed by atoms with E-state index in [2.05, 4.69) is 11.8 Å². The first kappa shape index (κ1) is 19.8. The fourth-order valence-electron chi connectivity index (χ4n) is 1.77. The first-order valence-electron chi connectivity index (χ1n) is 8.15. The molecule has 0 spiro atoms. The molecule has 4 heteroatoms. The molecule has 0 amide bonds. The lowest BCUT2D eigenvalue weighted by atomic mass is 10.1. The van der Waals surface area contributed by atoms with Crippen LogP contribution in [0.15, 0.2) is 0 Å². The predicted molar refractivity (Wildman–Crippen MR) is 84.4 cm³/mol. The highest BCUT2D eigenvalue weighted by atomic mass is 16.5. The molecule has 0 fully saturated rings. The minimum absolute atomic E-state index is 0.661. The fraction of sp³-hybridized carbons (Fsp3) is 1.00. The Hall–Kier alpha value is -0.160. The van der Waals surface area contributed by atoms with Crippen LogP contribution in [0.4, 0.5) is 0 Å². The smallest absolute Gasteiger partial charge is 0.0701 e. The average Bonchev–Trinajstić information content (AvgIpc) is 2.43. The summed E-state index contributed by atoms with van der Waals surface area (Å²) in [5.41, 5.74) is 0. The molecule has 0 bridgehead atoms. The third-order valence-electron chi connectivity index (χ3n) is 3.07. The highest BCUT2D eigenvalue weighted by molar-refractivity contribution is 4.43. The van der Waals surface area contributed by atoms with Crippen LogP contribution in [0.25, 0.3) is 0 Å². The van der Waals surface area contributed by atoms with Gasteiger partial charge in [0.05, 0.1) is 33.0 Å². The van der Waals surface area contributed by atoms with E-state index in [0.717, 1.165) is 19.8 Å². The van der Waals surface area contributed by atoms with Gasteiger partial charge in [-0.1, -0.05) is 39.0 Å². The first-order chi connectivity index (χ1) is 9.77. The van der Waals surface area contributed by atoms with E-state index in [9.17, 15) is 0 Å². The quantitative estimate of drug-likeness (QED) is 0.409. The number of hydrogen-bond acceptors (Lipinski definition) is 4. The number of nitrogens with zero attached hydrogens (tertiary/aromatic N) is 1. The van der Waals surface area contributed by atoms with Crippen LogP contribution in [0, 0.1) is 0 Å². The third kappa shape index (κ3) is 17.8. The van der Waals surface area contributed by atoms with Gasteiger partial charge in [-0.25, -0.2) is 0 Å². The molecule has 0 aliphatic heterocycles. The molecule has 0 radical (unpaired) electrons. The Morgan fingerprint density at radius 1 is 0.600 bits per heavy atom. The van der Waals surface area contributed by atoms with Crippen LogP contribution in [0.1, 0.15) is 45.4 Å². The van der Waals surface area contributed by atoms with Gasteiger partial charge in [0.25, 0.3) is 0 Å². The lowest BCUT2D eigenvalue weighted by Gasteiger charge is -2.10. The van der Waals surface area contributed by atoms with E-state index < -0.39 is 0 Å². The van der Waals surface area contributed by atoms with E-state index in [-0.39, 0.29) is 0 Å². The van der Waals surface area contributed by atoms with Crippen LogP contribution < -0.4 is 0 Å². The molecular formula is C16H35NO3. The molecule has 0 aromatic carbocycles. The topological polar surface area (TPSA) is 30.9 Å². The molecule has 4 nitrogen and oxygen atoms in total. The molecule has 0 saturated carbocycles. The zero-order valence-electron chi connectivity index (χ0n) is 13.9. The van der Waals surface area contributed by atoms with Gasteiger partial charge in [-0.2, -0.15) is 0 Å². The molecule has 20 heavy (non-hydrogen) atoms. The summed E-state index contributed by atoms with van der Waals surface area (Å²) in [6.45, 7) is 7.55. The minimum atomic E-state index is 0.661. The minimum Gasteiger partial charge on any atom is -0.379 e. The Morgan fingerprint density at radius 2 is 1.10 bits per heavy atom. The number of hydrogen-bond donors (Lipinski definition) is 0. The van der Waals surface area contributed by atoms with E-state index in [1.807, 2.05) is 14.1 Å². The van der Waals surface area contributed by atoms with E-state index in [1.54, 1.807) is 0 Å². The Bertz CT molecular complexity index is 177. The van der Waals surface area contributed by atoms with Gasteiger partial charge < -0.3 is 19.1 Å². The second-order valence-electron chi connectivity index (χ2n) is 5.41. The summed E-state index contributed by atoms with van der Waals surface area (Å²) < 4.78 is 16.4. The molecule has 0 saturated heterocycles. The Morgan fingerprint density at radius 3 is 1.70 bits per heavy atom. The second kappa shape index (κ2) is 16.9. The Kier molecular flexibility index (Phi) is 16.8. The van der Waals surface area contributed by atoms with Crippen molar-refractivity contribution in [3.63, 3.8) is 0 Å². The zero-order valence-corrected chi connectivity index (χ0v) is 13.9. The van der Waals surface area contributed by atoms with Crippen LogP contribution in [0.5, 0.6) is 0 Å². The standard InChI is InChI=1S/C16H35NO3/c1-4-5-6-7-8-9-11-18-13-15-20-16-14-19-12-10-17(2)3/h4-16H2,1-3H3. The first-order valence-corrected chi connectivity index (χ1v) is 8.15. The van der Waals surface area contributed by atoms with Crippen LogP contribution >= 0.6 is 0 Å². The van der Waals surface area contributed by atoms with E-state index in [4.69, 9.17) is 14.2 Å². The van der Waals surface area contributed by atoms with E-state index >= 15 is 0 Å². The van der Waals surface area contributed by atoms with Gasteiger partial charge in [-0.3, -0.25) is 0 Å². The molecule has 0 aromatic heterocycles. The number of rotatable bonds is 16. The summed E-state index contributed by atoms with van der Waals surface area (Å²) in [5, 5.41) is 0. The number of unbranched alkanes of at least 4 members (excludes halogenated alkanes) is 5. The summed E-state index contributed by atoms with van der Waals surface area (Å²) in [7, 11) is 4.09. The van der Waals surface area contributed by atoms with Crippen molar-refractivity contribution >= 4 is 0 Å². The van der Waals surface area contributed by atoms with Gasteiger partial charge >= 0.3 is 0 Å². The van der Waals surface area contributed by atoms with Crippen molar-refractivity contribution in [2.24, 2.45) is 0 Å². The lowest BCUT2D eigenvalue weighted by molar-refractivity contribution is 0.0117. The van der Waals surface area contributed by atoms with Crippen molar-refractivity contribution in [1.82, 2.24) is 4.90 Å². The van der Waals surface area contributed by atoms with Gasteiger partial charge in [0.15, 0.2) is 0 Å². The maximum atomic E-state index is 5.53. The van der Waals surface area contributed by atoms with Crippen molar-refractivity contribution in [3.05, 3.63) is 0 Å². The zero-order chi connectivity index (χ0) is 14.9. The van der Waals surface area contributed by atoms with Gasteiger partial charge in [0, 0.05) is 13.2 Å². The number of likely N-dealkylation sites (N-methyl/N-ethyl adjacent to an activating group) is 1. The second-order valence-corrected chi connectivity index (χ2v) is 5.41. The molecule has 0 heterocycles. The molecule has 0 N–H and O–H groups in total. The Labute approximate surface area is 125 Å². The fourth-order valence-corrected chi connectivity index (χ4v) is 1.77. The highest BCUT2D eigenvalue weighted by Crippen LogP contribution is 2.04. The molecule has 0 atom stereocenters. The van der Waals surface area contributed by atoms with Crippen LogP contribution in [0.2, 0.25) is 0 Å². The summed E-state index contributed by atoms with van der Waals surface area (Å²) in [5.74, 6) is 0. The summed E-state index contributed by atoms with van der Waals surface area (Å²) in [4.78, 5) is 2.11. The monoisotopic (exact) mass is 289 g/mol. The van der Waals surface area contributed by atoms with Crippen molar-refractivity contribution in [2.75, 3.05) is 60.3 Å². The molecule has 0 aliphatic rings. The normalized spacial score (nSPS) is 11.4. The van der Waals surface area contributed by atoms with Crippen LogP contribution in [0.3, 0.4) is 0 Å². The van der Waals surface area contributed by atoms with Gasteiger partial charge in [0.2, 0.25) is 0 Å². The SMILES string of the molecule is CCCCCCCCOCCOCCOCCN(C)C. The van der Waals surface area contributed by atoms with Gasteiger partial charge in [-0.15, -0.1) is 0 Å². The largest absolute Gasteiger partial charge is 0.379 e. The van der Waals surface area contributed by atoms with Gasteiger partial charge in [0.1, 0.15) is 0 Å². The van der Waals surface area contributed by atoms with Crippen molar-refractivity contribution in [3.8, 4) is 0 Å². The molecule has 122 valence electrons. The molecule has 0 unspecified atom stereocenters. The molecule has 0 aromatic rings. The van der Waals surface area contributed by atoms with Crippen molar-refractivity contribution < 1.29 is 14.2 Å². The summed E-state index contributed by atoms with van der Waals surface area (Å²) in [6, 6.07) is 0. The van der Waals surface area contributed by atoms with Crippen molar-refractivity contribution in [1.29, 1.82) is 0 Å². The van der Waals surface area contributed by atoms with Crippen LogP contribution in [-0.2, 0) is 14.2 Å². The van der Waals surface area contributed by atoms with Crippen molar-refractivity contribution in [2.45, 2.75) is 45.4 Å². The molecule has 0 rings (SSSR count). The Balaban J connectivity index is 2.92. The maximum absolute atomic E-state index is 5.53. The maximum Gasteiger partial charge on any atom is 0.0701 e. The van der Waals surface area contributed by atoms with Gasteiger partial charge in [-0.05, 0) is 20.5 Å². The summed E-state index contributed by atoms with van der Waals surface area (Å²) in [6.07, 6.45) is 7.86.